The smallest absolute Gasteiger partial charge is 0.0555 e. The predicted octanol–water partition coefficient (Wildman–Crippen LogP) is 16.7. The number of rotatable bonds is 5. The van der Waals surface area contributed by atoms with Gasteiger partial charge in [0, 0.05) is 69.6 Å². The maximum Gasteiger partial charge on any atom is 0.0555 e. The summed E-state index contributed by atoms with van der Waals surface area (Å²) in [5, 5.41) is 10.3. The van der Waals surface area contributed by atoms with Crippen molar-refractivity contribution in [1.82, 2.24) is 13.7 Å². The van der Waals surface area contributed by atoms with Crippen LogP contribution in [0.4, 0.5) is 0 Å². The predicted molar refractivity (Wildman–Crippen MR) is 273 cm³/mol. The van der Waals surface area contributed by atoms with E-state index in [0.717, 1.165) is 11.4 Å². The molecule has 0 aliphatic carbocycles. The Morgan fingerprint density at radius 3 is 1.06 bits per heavy atom. The van der Waals surface area contributed by atoms with Gasteiger partial charge in [-0.05, 0) is 107 Å². The van der Waals surface area contributed by atoms with Crippen LogP contribution in [0, 0.1) is 0 Å². The van der Waals surface area contributed by atoms with Crippen LogP contribution in [0.5, 0.6) is 0 Å². The molecule has 0 N–H and O–H groups in total. The van der Waals surface area contributed by atoms with Crippen LogP contribution in [0.2, 0.25) is 0 Å². The Kier molecular flexibility index (Phi) is 7.56. The topological polar surface area (TPSA) is 14.8 Å². The van der Waals surface area contributed by atoms with E-state index < -0.39 is 0 Å². The van der Waals surface area contributed by atoms with Crippen molar-refractivity contribution >= 4 is 96.9 Å². The average Bonchev–Trinajstić information content (AvgIpc) is 4.10. The van der Waals surface area contributed by atoms with Crippen LogP contribution in [0.25, 0.3) is 125 Å². The Hall–Kier alpha value is -8.18. The zero-order valence-electron chi connectivity index (χ0n) is 34.6. The molecule has 64 heavy (non-hydrogen) atoms. The van der Waals surface area contributed by atoms with Crippen LogP contribution in [-0.2, 0) is 0 Å². The molecule has 14 aromatic rings. The van der Waals surface area contributed by atoms with Gasteiger partial charge in [-0.15, -0.1) is 11.3 Å². The highest BCUT2D eigenvalue weighted by Gasteiger charge is 2.19. The van der Waals surface area contributed by atoms with E-state index in [1.54, 1.807) is 0 Å². The summed E-state index contributed by atoms with van der Waals surface area (Å²) in [5.74, 6) is 0. The van der Waals surface area contributed by atoms with Crippen molar-refractivity contribution in [3.8, 4) is 39.3 Å². The molecular formula is C60H37N3S. The monoisotopic (exact) mass is 831 g/mol. The standard InChI is InChI=1S/C60H37N3S/c1-6-16-52-45(11-1)46-12-2-7-17-53(46)61(52)42-28-21-38(22-29-42)39-23-30-44(31-24-39)63-56-20-10-5-15-50(56)59-57(63)35-34-49-51-37-41(27-36-58(51)64-60(49)59)40-25-32-43(33-26-40)62-54-18-8-3-13-47(54)48-14-4-9-19-55(48)62/h1-37H. The third-order valence-corrected chi connectivity index (χ3v) is 14.7. The third-order valence-electron chi connectivity index (χ3n) is 13.5. The maximum absolute atomic E-state index is 2.44. The van der Waals surface area contributed by atoms with Gasteiger partial charge < -0.3 is 13.7 Å². The highest BCUT2D eigenvalue weighted by molar-refractivity contribution is 7.26. The lowest BCUT2D eigenvalue weighted by molar-refractivity contribution is 1.18. The Bertz CT molecular complexity index is 4050. The summed E-state index contributed by atoms with van der Waals surface area (Å²) in [5.41, 5.74) is 15.7. The van der Waals surface area contributed by atoms with Crippen LogP contribution >= 0.6 is 11.3 Å². The molecule has 0 aliphatic rings. The van der Waals surface area contributed by atoms with Crippen molar-refractivity contribution < 1.29 is 0 Å². The largest absolute Gasteiger partial charge is 0.309 e. The minimum Gasteiger partial charge on any atom is -0.309 e. The van der Waals surface area contributed by atoms with Crippen molar-refractivity contribution in [3.63, 3.8) is 0 Å². The van der Waals surface area contributed by atoms with Crippen molar-refractivity contribution in [1.29, 1.82) is 0 Å². The number of para-hydroxylation sites is 5. The normalized spacial score (nSPS) is 12.1. The summed E-state index contributed by atoms with van der Waals surface area (Å²) in [6.07, 6.45) is 0. The molecule has 0 spiro atoms. The summed E-state index contributed by atoms with van der Waals surface area (Å²) in [7, 11) is 0. The van der Waals surface area contributed by atoms with E-state index >= 15 is 0 Å². The first-order valence-electron chi connectivity index (χ1n) is 21.9. The van der Waals surface area contributed by atoms with Gasteiger partial charge in [0.25, 0.3) is 0 Å². The quantitative estimate of drug-likeness (QED) is 0.164. The molecular weight excluding hydrogens is 795 g/mol. The lowest BCUT2D eigenvalue weighted by atomic mass is 10.0. The minimum atomic E-state index is 1.16. The van der Waals surface area contributed by atoms with E-state index in [-0.39, 0.29) is 0 Å². The van der Waals surface area contributed by atoms with Gasteiger partial charge in [-0.3, -0.25) is 0 Å². The Balaban J connectivity index is 0.820. The number of fused-ring (bicyclic) bond motifs is 13. The van der Waals surface area contributed by atoms with Gasteiger partial charge in [-0.2, -0.15) is 0 Å². The summed E-state index contributed by atoms with van der Waals surface area (Å²) >= 11 is 1.90. The van der Waals surface area contributed by atoms with Gasteiger partial charge >= 0.3 is 0 Å². The molecule has 4 aromatic heterocycles. The van der Waals surface area contributed by atoms with E-state index in [1.165, 1.54) is 114 Å². The van der Waals surface area contributed by atoms with Crippen molar-refractivity contribution in [2.24, 2.45) is 0 Å². The van der Waals surface area contributed by atoms with E-state index in [2.05, 4.69) is 238 Å². The fourth-order valence-electron chi connectivity index (χ4n) is 10.6. The molecule has 0 bridgehead atoms. The SMILES string of the molecule is c1ccc2c(c1)c1ccccc1n2-c1ccc(-c2ccc(-n3c4ccccc4c4c5sc6ccc(-c7ccc(-n8c9ccccc9c9ccccc98)cc7)cc6c5ccc43)cc2)cc1. The first kappa shape index (κ1) is 35.4. The van der Waals surface area contributed by atoms with Crippen LogP contribution in [-0.4, -0.2) is 13.7 Å². The number of benzene rings is 10. The second kappa shape index (κ2) is 13.7. The molecule has 0 atom stereocenters. The molecule has 298 valence electrons. The second-order valence-electron chi connectivity index (χ2n) is 16.9. The average molecular weight is 832 g/mol. The van der Waals surface area contributed by atoms with Crippen LogP contribution in [0.1, 0.15) is 0 Å². The molecule has 4 heteroatoms. The van der Waals surface area contributed by atoms with Gasteiger partial charge in [-0.1, -0.05) is 140 Å². The molecule has 10 aromatic carbocycles. The van der Waals surface area contributed by atoms with Gasteiger partial charge in [0.2, 0.25) is 0 Å². The Morgan fingerprint density at radius 1 is 0.250 bits per heavy atom. The number of thiophene rings is 1. The van der Waals surface area contributed by atoms with E-state index in [1.807, 2.05) is 11.3 Å². The second-order valence-corrected chi connectivity index (χ2v) is 17.9. The molecule has 4 heterocycles. The van der Waals surface area contributed by atoms with Crippen LogP contribution < -0.4 is 0 Å². The Labute approximate surface area is 372 Å². The van der Waals surface area contributed by atoms with Gasteiger partial charge in [0.05, 0.1) is 33.1 Å². The first-order valence-corrected chi connectivity index (χ1v) is 22.7. The maximum atomic E-state index is 2.44. The van der Waals surface area contributed by atoms with Crippen molar-refractivity contribution in [2.75, 3.05) is 0 Å². The lowest BCUT2D eigenvalue weighted by Crippen LogP contribution is -1.94. The molecule has 3 nitrogen and oxygen atoms in total. The van der Waals surface area contributed by atoms with E-state index in [9.17, 15) is 0 Å². The van der Waals surface area contributed by atoms with Crippen LogP contribution in [0.15, 0.2) is 224 Å². The zero-order valence-corrected chi connectivity index (χ0v) is 35.4. The van der Waals surface area contributed by atoms with Gasteiger partial charge in [0.15, 0.2) is 0 Å². The molecule has 0 saturated heterocycles. The van der Waals surface area contributed by atoms with Crippen LogP contribution in [0.3, 0.4) is 0 Å². The molecule has 14 rings (SSSR count). The van der Waals surface area contributed by atoms with Gasteiger partial charge in [-0.25, -0.2) is 0 Å². The fourth-order valence-corrected chi connectivity index (χ4v) is 11.8. The van der Waals surface area contributed by atoms with E-state index in [4.69, 9.17) is 0 Å². The molecule has 0 radical (unpaired) electrons. The summed E-state index contributed by atoms with van der Waals surface area (Å²) in [4.78, 5) is 0. The number of nitrogens with zero attached hydrogens (tertiary/aromatic N) is 3. The lowest BCUT2D eigenvalue weighted by Gasteiger charge is -2.11. The van der Waals surface area contributed by atoms with Gasteiger partial charge in [0.1, 0.15) is 0 Å². The van der Waals surface area contributed by atoms with Crippen molar-refractivity contribution in [2.45, 2.75) is 0 Å². The van der Waals surface area contributed by atoms with E-state index in [0.29, 0.717) is 0 Å². The highest BCUT2D eigenvalue weighted by atomic mass is 32.1. The highest BCUT2D eigenvalue weighted by Crippen LogP contribution is 2.45. The molecule has 0 amide bonds. The number of hydrogen-bond acceptors (Lipinski definition) is 1. The third kappa shape index (κ3) is 5.15. The molecule has 0 saturated carbocycles. The molecule has 0 unspecified atom stereocenters. The Morgan fingerprint density at radius 2 is 0.609 bits per heavy atom. The summed E-state index contributed by atoms with van der Waals surface area (Å²) in [6.45, 7) is 0. The number of aromatic nitrogens is 3. The zero-order chi connectivity index (χ0) is 41.9. The van der Waals surface area contributed by atoms with Crippen molar-refractivity contribution in [3.05, 3.63) is 224 Å². The first-order chi connectivity index (χ1) is 31.7. The minimum absolute atomic E-state index is 1.16. The summed E-state index contributed by atoms with van der Waals surface area (Å²) in [6, 6.07) is 82.4. The fraction of sp³-hybridized carbons (Fsp3) is 0. The molecule has 0 aliphatic heterocycles. The number of hydrogen-bond donors (Lipinski definition) is 0. The summed E-state index contributed by atoms with van der Waals surface area (Å²) < 4.78 is 9.83. The molecule has 0 fully saturated rings.